The third kappa shape index (κ3) is 5.46. The normalized spacial score (nSPS) is 5.40. The summed E-state index contributed by atoms with van der Waals surface area (Å²) in [5.74, 6) is 0. The summed E-state index contributed by atoms with van der Waals surface area (Å²) in [7, 11) is 4.55. The summed E-state index contributed by atoms with van der Waals surface area (Å²) in [6.45, 7) is 0. The number of rotatable bonds is 0. The molecule has 0 aliphatic rings. The van der Waals surface area contributed by atoms with Crippen molar-refractivity contribution in [2.24, 2.45) is 0 Å². The van der Waals surface area contributed by atoms with E-state index in [9.17, 15) is 0 Å². The molecule has 0 saturated carbocycles. The Morgan fingerprint density at radius 2 is 2.20 bits per heavy atom. The van der Waals surface area contributed by atoms with Crippen molar-refractivity contribution in [3.63, 3.8) is 0 Å². The van der Waals surface area contributed by atoms with Crippen molar-refractivity contribution in [3.05, 3.63) is 0 Å². The van der Waals surface area contributed by atoms with Crippen molar-refractivity contribution in [1.29, 1.82) is 0 Å². The van der Waals surface area contributed by atoms with Gasteiger partial charge in [-0.1, -0.05) is 0 Å². The molecule has 0 aromatic carbocycles. The fraction of sp³-hybridized carbons (Fsp3) is 0. The van der Waals surface area contributed by atoms with E-state index in [1.807, 2.05) is 0 Å². The standard InChI is InChI=1S/S4.V/c1-3-4-2;. The maximum absolute atomic E-state index is 4.50. The maximum atomic E-state index is 4.50. The zero-order valence-corrected chi connectivity index (χ0v) is 6.74. The first-order valence-corrected chi connectivity index (χ1v) is 6.76. The van der Waals surface area contributed by atoms with Crippen LogP contribution < -0.4 is 0 Å². The van der Waals surface area contributed by atoms with Crippen LogP contribution in [0.25, 0.3) is 0 Å². The van der Waals surface area contributed by atoms with Gasteiger partial charge in [0.1, 0.15) is 0 Å². The van der Waals surface area contributed by atoms with Crippen LogP contribution in [0, 0.1) is 0 Å². The predicted octanol–water partition coefficient (Wildman–Crippen LogP) is -0.0121. The van der Waals surface area contributed by atoms with Gasteiger partial charge in [-0.2, -0.15) is 0 Å². The van der Waals surface area contributed by atoms with E-state index in [-0.39, 0.29) is 0 Å². The van der Waals surface area contributed by atoms with Crippen LogP contribution in [0.2, 0.25) is 0 Å². The van der Waals surface area contributed by atoms with Gasteiger partial charge in [-0.15, -0.1) is 0 Å². The molecule has 0 amide bonds. The molecular weight excluding hydrogens is 179 g/mol. The molecule has 0 radical (unpaired) electrons. The van der Waals surface area contributed by atoms with Crippen molar-refractivity contribution < 1.29 is 15.7 Å². The van der Waals surface area contributed by atoms with E-state index in [4.69, 9.17) is 0 Å². The molecule has 0 spiro atoms. The molecule has 0 unspecified atom stereocenters. The molecule has 0 aromatic heterocycles. The quantitative estimate of drug-likeness (QED) is 0.504. The van der Waals surface area contributed by atoms with Crippen molar-refractivity contribution in [2.75, 3.05) is 0 Å². The summed E-state index contributed by atoms with van der Waals surface area (Å²) in [6.07, 6.45) is 0. The second kappa shape index (κ2) is 5.46. The van der Waals surface area contributed by atoms with Gasteiger partial charge in [0, 0.05) is 0 Å². The van der Waals surface area contributed by atoms with Crippen molar-refractivity contribution >= 4 is 36.9 Å². The van der Waals surface area contributed by atoms with E-state index >= 15 is 0 Å². The van der Waals surface area contributed by atoms with E-state index in [2.05, 4.69) is 26.9 Å². The average molecular weight is 179 g/mol. The van der Waals surface area contributed by atoms with E-state index in [1.54, 1.807) is 16.9 Å². The Bertz CT molecular complexity index is 95.6. The molecular formula is S4V. The third-order valence-electron chi connectivity index (χ3n) is 0.0582. The van der Waals surface area contributed by atoms with Gasteiger partial charge >= 0.3 is 52.6 Å². The van der Waals surface area contributed by atoms with Gasteiger partial charge in [0.15, 0.2) is 0 Å². The summed E-state index contributed by atoms with van der Waals surface area (Å²) < 4.78 is 0. The molecule has 0 rings (SSSR count). The van der Waals surface area contributed by atoms with Crippen LogP contribution in [-0.2, 0) is 52.6 Å². The van der Waals surface area contributed by atoms with Crippen LogP contribution in [0.4, 0.5) is 0 Å². The van der Waals surface area contributed by atoms with Crippen molar-refractivity contribution in [2.45, 2.75) is 0 Å². The minimum absolute atomic E-state index is 1.35. The SMILES string of the molecule is S=S=S=[S]=[V]. The van der Waals surface area contributed by atoms with Crippen LogP contribution >= 0.6 is 0 Å². The van der Waals surface area contributed by atoms with Gasteiger partial charge in [-0.25, -0.2) is 0 Å². The summed E-state index contributed by atoms with van der Waals surface area (Å²) >= 11 is 6.87. The van der Waals surface area contributed by atoms with Crippen molar-refractivity contribution in [3.8, 4) is 0 Å². The second-order valence-electron chi connectivity index (χ2n) is 0.211. The zero-order chi connectivity index (χ0) is 4.12. The molecule has 0 nitrogen and oxygen atoms in total. The van der Waals surface area contributed by atoms with E-state index in [0.717, 1.165) is 0 Å². The van der Waals surface area contributed by atoms with Gasteiger partial charge < -0.3 is 0 Å². The molecule has 0 bridgehead atoms. The van der Waals surface area contributed by atoms with E-state index in [1.165, 1.54) is 8.88 Å². The van der Waals surface area contributed by atoms with E-state index < -0.39 is 0 Å². The molecule has 0 aliphatic carbocycles. The minimum atomic E-state index is 1.35. The zero-order valence-electron chi connectivity index (χ0n) is 2.08. The summed E-state index contributed by atoms with van der Waals surface area (Å²) in [5, 5.41) is 0. The van der Waals surface area contributed by atoms with Crippen LogP contribution in [0.1, 0.15) is 0 Å². The molecule has 0 N–H and O–H groups in total. The fourth-order valence-electron chi connectivity index (χ4n) is 0.0124. The Morgan fingerprint density at radius 1 is 1.60 bits per heavy atom. The summed E-state index contributed by atoms with van der Waals surface area (Å²) in [5.41, 5.74) is 0. The van der Waals surface area contributed by atoms with Crippen LogP contribution in [0.15, 0.2) is 0 Å². The third-order valence-corrected chi connectivity index (χ3v) is 5.64. The topological polar surface area (TPSA) is 0 Å². The van der Waals surface area contributed by atoms with Gasteiger partial charge in [0.25, 0.3) is 0 Å². The average Bonchev–Trinajstić information content (AvgIpc) is 1.41. The van der Waals surface area contributed by atoms with Gasteiger partial charge in [-0.05, 0) is 0 Å². The molecule has 0 aliphatic heterocycles. The molecule has 0 saturated heterocycles. The van der Waals surface area contributed by atoms with Crippen LogP contribution in [-0.4, -0.2) is 0 Å². The summed E-state index contributed by atoms with van der Waals surface area (Å²) in [6, 6.07) is 0. The Kier molecular flexibility index (Phi) is 7.06. The Labute approximate surface area is 52.3 Å². The molecule has 5 heteroatoms. The Morgan fingerprint density at radius 3 is 2.20 bits per heavy atom. The van der Waals surface area contributed by atoms with Crippen LogP contribution in [0.3, 0.4) is 0 Å². The van der Waals surface area contributed by atoms with Gasteiger partial charge in [0.2, 0.25) is 0 Å². The van der Waals surface area contributed by atoms with E-state index in [0.29, 0.717) is 0 Å². The van der Waals surface area contributed by atoms with Gasteiger partial charge in [-0.3, -0.25) is 0 Å². The Hall–Kier alpha value is 1.46. The predicted molar refractivity (Wildman–Crippen MR) is 29.5 cm³/mol. The number of hydrogen-bond acceptors (Lipinski definition) is 1. The first-order valence-electron chi connectivity index (χ1n) is 0.683. The van der Waals surface area contributed by atoms with Crippen LogP contribution in [0.5, 0.6) is 0 Å². The molecule has 0 atom stereocenters. The molecule has 0 aromatic rings. The Balaban J connectivity index is 4.38. The number of hydrogen-bond donors (Lipinski definition) is 0. The first kappa shape index (κ1) is 6.46. The summed E-state index contributed by atoms with van der Waals surface area (Å²) in [4.78, 5) is 0. The van der Waals surface area contributed by atoms with Crippen molar-refractivity contribution in [1.82, 2.24) is 0 Å². The first-order chi connectivity index (χ1) is 2.41. The molecule has 29 valence electrons. The van der Waals surface area contributed by atoms with Gasteiger partial charge in [0.05, 0.1) is 0 Å². The molecule has 0 fully saturated rings. The fourth-order valence-corrected chi connectivity index (χ4v) is 4.15. The molecule has 0 heterocycles. The molecule has 5 heavy (non-hydrogen) atoms. The monoisotopic (exact) mass is 179 g/mol. The second-order valence-corrected chi connectivity index (χ2v) is 6.44.